The Morgan fingerprint density at radius 2 is 1.64 bits per heavy atom. The van der Waals surface area contributed by atoms with Crippen molar-refractivity contribution in [3.63, 3.8) is 0 Å². The zero-order chi connectivity index (χ0) is 27.5. The van der Waals surface area contributed by atoms with Gasteiger partial charge in [-0.25, -0.2) is 0 Å². The topological polar surface area (TPSA) is 90.4 Å². The van der Waals surface area contributed by atoms with Crippen molar-refractivity contribution >= 4 is 40.7 Å². The summed E-state index contributed by atoms with van der Waals surface area (Å²) in [5.41, 5.74) is -0.414. The van der Waals surface area contributed by atoms with Crippen molar-refractivity contribution in [2.45, 2.75) is 31.1 Å². The molecule has 0 aliphatic carbocycles. The number of aliphatic hydroxyl groups excluding tert-OH is 1. The van der Waals surface area contributed by atoms with Crippen LogP contribution in [0.25, 0.3) is 0 Å². The normalized spacial score (nSPS) is 31.7. The first-order valence-corrected chi connectivity index (χ1v) is 13.5. The lowest BCUT2D eigenvalue weighted by molar-refractivity contribution is -0.144. The van der Waals surface area contributed by atoms with E-state index in [1.54, 1.807) is 21.9 Å². The van der Waals surface area contributed by atoms with Crippen molar-refractivity contribution in [2.75, 3.05) is 36.0 Å². The third-order valence-corrected chi connectivity index (χ3v) is 8.73. The number of carbonyl (C=O) groups excluding carboxylic acids is 3. The standard InChI is InChI=1S/C30H30ClN3O5/c1-19-9-6-12-21(31)24(19)33-16-8-14-30-23(27(37)34(17-18-35)25(30)28(33)38)22-26(36)32(20-10-4-3-5-11-20)15-7-13-29(22,2)39-30/h3-14,22-23,25,35H,15-18H2,1-2H3/t22-,23-,25?,29+,30-/m0/s1. The molecule has 4 aliphatic heterocycles. The Labute approximate surface area is 232 Å². The van der Waals surface area contributed by atoms with Gasteiger partial charge >= 0.3 is 0 Å². The predicted molar refractivity (Wildman–Crippen MR) is 147 cm³/mol. The maximum atomic E-state index is 14.4. The first-order chi connectivity index (χ1) is 18.7. The molecule has 4 aliphatic rings. The van der Waals surface area contributed by atoms with E-state index in [0.717, 1.165) is 11.3 Å². The summed E-state index contributed by atoms with van der Waals surface area (Å²) < 4.78 is 6.80. The fraction of sp³-hybridized carbons (Fsp3) is 0.367. The molecule has 202 valence electrons. The summed E-state index contributed by atoms with van der Waals surface area (Å²) in [6.45, 7) is 3.85. The highest BCUT2D eigenvalue weighted by Gasteiger charge is 2.74. The van der Waals surface area contributed by atoms with Gasteiger partial charge in [-0.15, -0.1) is 0 Å². The number of carbonyl (C=O) groups is 3. The lowest BCUT2D eigenvalue weighted by atomic mass is 9.74. The Kier molecular flexibility index (Phi) is 6.17. The fourth-order valence-electron chi connectivity index (χ4n) is 6.87. The van der Waals surface area contributed by atoms with Crippen molar-refractivity contribution in [2.24, 2.45) is 11.8 Å². The van der Waals surface area contributed by atoms with Gasteiger partial charge < -0.3 is 24.5 Å². The van der Waals surface area contributed by atoms with Crippen LogP contribution in [0.3, 0.4) is 0 Å². The number of nitrogens with zero attached hydrogens (tertiary/aromatic N) is 3. The number of aryl methyl sites for hydroxylation is 1. The number of likely N-dealkylation sites (tertiary alicyclic amines) is 1. The summed E-state index contributed by atoms with van der Waals surface area (Å²) in [5.74, 6) is -2.81. The molecule has 4 heterocycles. The van der Waals surface area contributed by atoms with E-state index < -0.39 is 29.1 Å². The van der Waals surface area contributed by atoms with E-state index in [1.165, 1.54) is 4.90 Å². The molecule has 6 rings (SSSR count). The second-order valence-electron chi connectivity index (χ2n) is 10.7. The molecule has 8 nitrogen and oxygen atoms in total. The van der Waals surface area contributed by atoms with Crippen LogP contribution in [0.5, 0.6) is 0 Å². The summed E-state index contributed by atoms with van der Waals surface area (Å²) in [4.78, 5) is 47.4. The van der Waals surface area contributed by atoms with E-state index in [-0.39, 0.29) is 37.4 Å². The van der Waals surface area contributed by atoms with E-state index in [2.05, 4.69) is 0 Å². The predicted octanol–water partition coefficient (Wildman–Crippen LogP) is 3.12. The van der Waals surface area contributed by atoms with E-state index in [4.69, 9.17) is 16.3 Å². The molecule has 39 heavy (non-hydrogen) atoms. The molecule has 2 aromatic carbocycles. The van der Waals surface area contributed by atoms with E-state index in [9.17, 15) is 19.5 Å². The number of amides is 3. The molecule has 1 spiro atoms. The van der Waals surface area contributed by atoms with Gasteiger partial charge in [-0.2, -0.15) is 0 Å². The van der Waals surface area contributed by atoms with Gasteiger partial charge in [0.25, 0.3) is 5.91 Å². The Morgan fingerprint density at radius 1 is 0.923 bits per heavy atom. The molecule has 1 unspecified atom stereocenters. The molecule has 0 bridgehead atoms. The minimum absolute atomic E-state index is 0.0596. The number of β-amino-alcohol motifs (C(OH)–C–C–N with tert-alkyl or cyclic N) is 1. The van der Waals surface area contributed by atoms with Crippen molar-refractivity contribution in [1.82, 2.24) is 4.90 Å². The number of para-hydroxylation sites is 2. The maximum absolute atomic E-state index is 14.4. The summed E-state index contributed by atoms with van der Waals surface area (Å²) in [6, 6.07) is 13.7. The second kappa shape index (κ2) is 9.33. The highest BCUT2D eigenvalue weighted by molar-refractivity contribution is 6.34. The van der Waals surface area contributed by atoms with Crippen molar-refractivity contribution in [3.8, 4) is 0 Å². The number of hydrogen-bond acceptors (Lipinski definition) is 5. The quantitative estimate of drug-likeness (QED) is 0.594. The van der Waals surface area contributed by atoms with Crippen LogP contribution in [0.1, 0.15) is 12.5 Å². The molecule has 0 radical (unpaired) electrons. The van der Waals surface area contributed by atoms with Crippen LogP contribution in [0.2, 0.25) is 5.02 Å². The minimum Gasteiger partial charge on any atom is -0.395 e. The van der Waals surface area contributed by atoms with E-state index in [0.29, 0.717) is 17.3 Å². The Morgan fingerprint density at radius 3 is 2.36 bits per heavy atom. The Hall–Kier alpha value is -3.46. The van der Waals surface area contributed by atoms with Crippen LogP contribution < -0.4 is 9.80 Å². The van der Waals surface area contributed by atoms with Crippen LogP contribution in [0.15, 0.2) is 72.8 Å². The van der Waals surface area contributed by atoms with E-state index in [1.807, 2.05) is 74.5 Å². The van der Waals surface area contributed by atoms with Crippen LogP contribution in [-0.4, -0.2) is 71.2 Å². The van der Waals surface area contributed by atoms with Gasteiger partial charge in [-0.3, -0.25) is 14.4 Å². The van der Waals surface area contributed by atoms with Crippen LogP contribution in [-0.2, 0) is 19.1 Å². The number of rotatable bonds is 4. The number of benzene rings is 2. The van der Waals surface area contributed by atoms with Crippen LogP contribution in [0, 0.1) is 18.8 Å². The first kappa shape index (κ1) is 25.8. The molecule has 0 aromatic heterocycles. The van der Waals surface area contributed by atoms with Gasteiger partial charge in [0.15, 0.2) is 0 Å². The summed E-state index contributed by atoms with van der Waals surface area (Å²) in [5, 5.41) is 10.3. The average molecular weight is 548 g/mol. The Balaban J connectivity index is 1.49. The Bertz CT molecular complexity index is 1390. The van der Waals surface area contributed by atoms with Gasteiger partial charge in [-0.1, -0.05) is 66.2 Å². The van der Waals surface area contributed by atoms with Crippen LogP contribution >= 0.6 is 11.6 Å². The highest BCUT2D eigenvalue weighted by Crippen LogP contribution is 2.57. The zero-order valence-corrected chi connectivity index (χ0v) is 22.5. The molecule has 9 heteroatoms. The van der Waals surface area contributed by atoms with Gasteiger partial charge in [0.1, 0.15) is 11.6 Å². The van der Waals surface area contributed by atoms with Gasteiger partial charge in [0, 0.05) is 25.3 Å². The molecule has 2 saturated heterocycles. The second-order valence-corrected chi connectivity index (χ2v) is 11.1. The molecule has 1 N–H and O–H groups in total. The molecule has 2 aromatic rings. The molecular weight excluding hydrogens is 518 g/mol. The monoisotopic (exact) mass is 547 g/mol. The maximum Gasteiger partial charge on any atom is 0.253 e. The summed E-state index contributed by atoms with van der Waals surface area (Å²) in [6.07, 6.45) is 7.34. The number of anilines is 2. The molecule has 0 saturated carbocycles. The average Bonchev–Trinajstić information content (AvgIpc) is 3.17. The van der Waals surface area contributed by atoms with Crippen LogP contribution in [0.4, 0.5) is 11.4 Å². The lowest BCUT2D eigenvalue weighted by Gasteiger charge is -2.37. The third-order valence-electron chi connectivity index (χ3n) is 8.42. The molecular formula is C30H30ClN3O5. The number of hydrogen-bond donors (Lipinski definition) is 1. The number of fused-ring (bicyclic) bond motifs is 2. The number of halogens is 1. The molecule has 5 atom stereocenters. The van der Waals surface area contributed by atoms with Crippen molar-refractivity contribution in [1.29, 1.82) is 0 Å². The third kappa shape index (κ3) is 3.69. The first-order valence-electron chi connectivity index (χ1n) is 13.1. The van der Waals surface area contributed by atoms with E-state index >= 15 is 0 Å². The fourth-order valence-corrected chi connectivity index (χ4v) is 7.20. The number of ether oxygens (including phenoxy) is 1. The van der Waals surface area contributed by atoms with Gasteiger partial charge in [-0.05, 0) is 37.6 Å². The molecule has 2 fully saturated rings. The largest absolute Gasteiger partial charge is 0.395 e. The zero-order valence-electron chi connectivity index (χ0n) is 21.8. The van der Waals surface area contributed by atoms with Gasteiger partial charge in [0.2, 0.25) is 11.8 Å². The van der Waals surface area contributed by atoms with Gasteiger partial charge in [0.05, 0.1) is 34.8 Å². The summed E-state index contributed by atoms with van der Waals surface area (Å²) in [7, 11) is 0. The summed E-state index contributed by atoms with van der Waals surface area (Å²) >= 11 is 6.56. The molecule has 3 amide bonds. The van der Waals surface area contributed by atoms with Crippen molar-refractivity contribution in [3.05, 3.63) is 83.4 Å². The minimum atomic E-state index is -1.40. The van der Waals surface area contributed by atoms with Crippen molar-refractivity contribution < 1.29 is 24.2 Å². The number of aliphatic hydroxyl groups is 1. The SMILES string of the molecule is Cc1cccc(Cl)c1N1CC=C[C@]23O[C@]4(C)C=CCN(c5ccccc5)C(=O)[C@@H]4[C@H]2C(=O)N(CCO)C3C1=O. The lowest BCUT2D eigenvalue weighted by Crippen LogP contribution is -2.56. The highest BCUT2D eigenvalue weighted by atomic mass is 35.5. The smallest absolute Gasteiger partial charge is 0.253 e.